The van der Waals surface area contributed by atoms with Gasteiger partial charge in [-0.2, -0.15) is 0 Å². The maximum Gasteiger partial charge on any atom is 0.412 e. The fourth-order valence-electron chi connectivity index (χ4n) is 5.40. The van der Waals surface area contributed by atoms with Crippen molar-refractivity contribution in [2.45, 2.75) is 63.8 Å². The molecule has 0 radical (unpaired) electrons. The van der Waals surface area contributed by atoms with Crippen molar-refractivity contribution in [2.24, 2.45) is 0 Å². The molecule has 3 heterocycles. The third kappa shape index (κ3) is 8.03. The van der Waals surface area contributed by atoms with E-state index in [1.165, 1.54) is 69.0 Å². The summed E-state index contributed by atoms with van der Waals surface area (Å²) in [5.74, 6) is -4.40. The lowest BCUT2D eigenvalue weighted by Gasteiger charge is -2.35. The lowest BCUT2D eigenvalue weighted by Crippen LogP contribution is -2.45. The van der Waals surface area contributed by atoms with Crippen LogP contribution in [0, 0.1) is 12.7 Å². The average Bonchev–Trinajstić information content (AvgIpc) is 3.46. The highest BCUT2D eigenvalue weighted by molar-refractivity contribution is 7.21. The number of nitrogens with zero attached hydrogens (tertiary/aromatic N) is 4. The predicted octanol–water partition coefficient (Wildman–Crippen LogP) is 6.44. The maximum absolute atomic E-state index is 15.4. The molecule has 50 heavy (non-hydrogen) atoms. The number of pyridine rings is 1. The number of alkyl halides is 2. The maximum atomic E-state index is 15.4. The number of amides is 2. The van der Waals surface area contributed by atoms with Crippen molar-refractivity contribution in [2.75, 3.05) is 19.0 Å². The Morgan fingerprint density at radius 1 is 1.08 bits per heavy atom. The second-order valence-corrected chi connectivity index (χ2v) is 13.6. The molecule has 3 aromatic heterocycles. The molecule has 0 bridgehead atoms. The summed E-state index contributed by atoms with van der Waals surface area (Å²) in [6.45, 7) is 4.98. The van der Waals surface area contributed by atoms with Crippen LogP contribution in [-0.4, -0.2) is 74.4 Å². The third-order valence-electron chi connectivity index (χ3n) is 7.82. The van der Waals surface area contributed by atoms with E-state index in [0.717, 1.165) is 5.56 Å². The predicted molar refractivity (Wildman–Crippen MR) is 179 cm³/mol. The zero-order chi connectivity index (χ0) is 35.8. The van der Waals surface area contributed by atoms with E-state index in [9.17, 15) is 23.5 Å². The molecule has 2 atom stereocenters. The van der Waals surface area contributed by atoms with E-state index >= 15 is 4.39 Å². The van der Waals surface area contributed by atoms with Crippen LogP contribution in [0.1, 0.15) is 49.2 Å². The molecular weight excluding hydrogens is 677 g/mol. The van der Waals surface area contributed by atoms with Crippen LogP contribution in [0.25, 0.3) is 31.8 Å². The normalized spacial score (nSPS) is 17.4. The quantitative estimate of drug-likeness (QED) is 0.155. The molecule has 2 amide bonds. The van der Waals surface area contributed by atoms with Crippen LogP contribution in [0.2, 0.25) is 0 Å². The van der Waals surface area contributed by atoms with Gasteiger partial charge in [0.1, 0.15) is 22.9 Å². The van der Waals surface area contributed by atoms with Crippen molar-refractivity contribution in [3.05, 3.63) is 65.9 Å². The number of hydrogen-bond donors (Lipinski definition) is 3. The topological polar surface area (TPSA) is 158 Å². The number of hydrogen-bond acceptors (Lipinski definition) is 11. The van der Waals surface area contributed by atoms with Gasteiger partial charge in [0.2, 0.25) is 5.88 Å². The second-order valence-electron chi connectivity index (χ2n) is 12.6. The zero-order valence-corrected chi connectivity index (χ0v) is 28.2. The number of carbonyl (C=O) groups excluding carboxylic acids is 2. The van der Waals surface area contributed by atoms with Gasteiger partial charge in [0.05, 0.1) is 58.5 Å². The molecule has 262 valence electrons. The summed E-state index contributed by atoms with van der Waals surface area (Å²) in [7, 11) is 1.50. The van der Waals surface area contributed by atoms with Crippen LogP contribution >= 0.6 is 11.3 Å². The number of thiazole rings is 1. The van der Waals surface area contributed by atoms with Crippen molar-refractivity contribution in [1.82, 2.24) is 25.3 Å². The van der Waals surface area contributed by atoms with E-state index in [1.807, 2.05) is 19.1 Å². The minimum Gasteiger partial charge on any atom is -0.483 e. The van der Waals surface area contributed by atoms with Crippen molar-refractivity contribution in [3.8, 4) is 22.2 Å². The lowest BCUT2D eigenvalue weighted by molar-refractivity contribution is -0.114. The highest BCUT2D eigenvalue weighted by Gasteiger charge is 2.45. The molecule has 2 aromatic carbocycles. The van der Waals surface area contributed by atoms with E-state index in [4.69, 9.17) is 14.2 Å². The SMILES string of the molecule is COc1cnc2c(-c3nc4cc(F)c(O[C@H]5CC(F)(F)CC[C@H]5OC(=O)Nc5ccc(C(=O)NCC(C)(C)O)nc5)cc4s3)cc(C)cc2n1. The Morgan fingerprint density at radius 3 is 2.60 bits per heavy atom. The zero-order valence-electron chi connectivity index (χ0n) is 27.4. The summed E-state index contributed by atoms with van der Waals surface area (Å²) in [4.78, 5) is 42.6. The molecule has 0 unspecified atom stereocenters. The van der Waals surface area contributed by atoms with Gasteiger partial charge >= 0.3 is 6.09 Å². The molecule has 1 saturated carbocycles. The van der Waals surface area contributed by atoms with Gasteiger partial charge in [-0.15, -0.1) is 11.3 Å². The fourth-order valence-corrected chi connectivity index (χ4v) is 6.39. The second kappa shape index (κ2) is 13.7. The van der Waals surface area contributed by atoms with Gasteiger partial charge in [-0.1, -0.05) is 0 Å². The van der Waals surface area contributed by atoms with E-state index in [2.05, 4.69) is 30.6 Å². The summed E-state index contributed by atoms with van der Waals surface area (Å²) >= 11 is 1.25. The number of aryl methyl sites for hydroxylation is 1. The number of carbonyl (C=O) groups is 2. The highest BCUT2D eigenvalue weighted by Crippen LogP contribution is 2.40. The number of methoxy groups -OCH3 is 1. The van der Waals surface area contributed by atoms with Crippen LogP contribution in [-0.2, 0) is 4.74 Å². The van der Waals surface area contributed by atoms with Crippen molar-refractivity contribution < 1.29 is 42.1 Å². The molecule has 3 N–H and O–H groups in total. The third-order valence-corrected chi connectivity index (χ3v) is 8.87. The smallest absolute Gasteiger partial charge is 0.412 e. The Hall–Kier alpha value is -5.09. The summed E-state index contributed by atoms with van der Waals surface area (Å²) < 4.78 is 61.6. The van der Waals surface area contributed by atoms with Crippen LogP contribution < -0.4 is 20.1 Å². The fraction of sp³-hybridized carbons (Fsp3) is 0.353. The Morgan fingerprint density at radius 2 is 1.88 bits per heavy atom. The molecule has 0 saturated heterocycles. The lowest BCUT2D eigenvalue weighted by atomic mass is 9.91. The molecular formula is C34H33F3N6O6S. The monoisotopic (exact) mass is 710 g/mol. The van der Waals surface area contributed by atoms with Gasteiger partial charge < -0.3 is 24.6 Å². The molecule has 5 aromatic rings. The van der Waals surface area contributed by atoms with Gasteiger partial charge in [-0.05, 0) is 57.0 Å². The van der Waals surface area contributed by atoms with Gasteiger partial charge in [0.25, 0.3) is 11.8 Å². The van der Waals surface area contributed by atoms with Crippen LogP contribution in [0.3, 0.4) is 0 Å². The Balaban J connectivity index is 1.18. The molecule has 6 rings (SSSR count). The minimum absolute atomic E-state index is 0.00329. The Labute approximate surface area is 288 Å². The largest absolute Gasteiger partial charge is 0.483 e. The first-order valence-electron chi connectivity index (χ1n) is 15.6. The van der Waals surface area contributed by atoms with E-state index in [1.54, 1.807) is 0 Å². The first-order chi connectivity index (χ1) is 23.7. The standard InChI is InChI=1S/C34H33F3N6O6S/c1-17-9-19(29-23(10-17)42-28(47-4)15-39-29)31-43-22-11-20(35)25(12-27(22)50-31)48-26-13-34(36,37)8-7-24(26)49-32(45)41-18-5-6-21(38-14-18)30(44)40-16-33(2,3)46/h5-6,9-12,14-15,24,26,46H,7-8,13,16H2,1-4H3,(H,40,44)(H,41,45)/t24-,26+/m1/s1. The summed E-state index contributed by atoms with van der Waals surface area (Å²) in [5, 5.41) is 15.3. The average molecular weight is 711 g/mol. The number of halogens is 3. The molecule has 16 heteroatoms. The van der Waals surface area contributed by atoms with Crippen molar-refractivity contribution in [3.63, 3.8) is 0 Å². The van der Waals surface area contributed by atoms with Crippen LogP contribution in [0.5, 0.6) is 11.6 Å². The van der Waals surface area contributed by atoms with E-state index in [-0.39, 0.29) is 30.1 Å². The number of aromatic nitrogens is 4. The van der Waals surface area contributed by atoms with Crippen molar-refractivity contribution >= 4 is 50.3 Å². The molecule has 1 aliphatic rings. The van der Waals surface area contributed by atoms with Crippen LogP contribution in [0.15, 0.2) is 48.8 Å². The minimum atomic E-state index is -3.12. The van der Waals surface area contributed by atoms with Gasteiger partial charge in [-0.25, -0.2) is 37.9 Å². The number of benzene rings is 2. The molecule has 0 spiro atoms. The summed E-state index contributed by atoms with van der Waals surface area (Å²) in [6, 6.07) is 9.09. The van der Waals surface area contributed by atoms with E-state index < -0.39 is 54.4 Å². The Bertz CT molecular complexity index is 2070. The number of rotatable bonds is 9. The van der Waals surface area contributed by atoms with Crippen LogP contribution in [0.4, 0.5) is 23.7 Å². The molecule has 12 nitrogen and oxygen atoms in total. The number of aliphatic hydroxyl groups is 1. The summed E-state index contributed by atoms with van der Waals surface area (Å²) in [6.07, 6.45) is -2.34. The number of nitrogens with one attached hydrogen (secondary N) is 2. The van der Waals surface area contributed by atoms with E-state index in [0.29, 0.717) is 37.7 Å². The first-order valence-corrected chi connectivity index (χ1v) is 16.4. The summed E-state index contributed by atoms with van der Waals surface area (Å²) in [5.41, 5.74) is 2.21. The Kier molecular flexibility index (Phi) is 9.50. The number of ether oxygens (including phenoxy) is 3. The van der Waals surface area contributed by atoms with Gasteiger partial charge in [-0.3, -0.25) is 10.1 Å². The van der Waals surface area contributed by atoms with Gasteiger partial charge in [0.15, 0.2) is 11.6 Å². The molecule has 0 aliphatic heterocycles. The highest BCUT2D eigenvalue weighted by atomic mass is 32.1. The number of anilines is 1. The van der Waals surface area contributed by atoms with Crippen molar-refractivity contribution in [1.29, 1.82) is 0 Å². The molecule has 1 aliphatic carbocycles. The van der Waals surface area contributed by atoms with Gasteiger partial charge in [0, 0.05) is 30.7 Å². The number of fused-ring (bicyclic) bond motifs is 2. The first kappa shape index (κ1) is 34.8. The molecule has 1 fully saturated rings.